The van der Waals surface area contributed by atoms with Gasteiger partial charge in [-0.2, -0.15) is 5.26 Å². The molecule has 0 atom stereocenters. The van der Waals surface area contributed by atoms with E-state index in [1.807, 2.05) is 25.2 Å². The molecule has 1 aromatic heterocycles. The molecular weight excluding hydrogens is 200 g/mol. The van der Waals surface area contributed by atoms with Gasteiger partial charge in [0.05, 0.1) is 12.5 Å². The number of nitrogens with zero attached hydrogens (tertiary/aromatic N) is 3. The molecule has 1 fully saturated rings. The van der Waals surface area contributed by atoms with Crippen molar-refractivity contribution in [1.82, 2.24) is 4.98 Å². The lowest BCUT2D eigenvalue weighted by atomic mass is 10.3. The van der Waals surface area contributed by atoms with Gasteiger partial charge in [0.25, 0.3) is 0 Å². The standard InChI is InChI=1S/C12H16N4/c1-14-11-4-2-5-12(15-11)16(9-3-8-13)10-6-7-10/h2,4-5,10H,3,6-7,9H2,1H3,(H,14,15). The highest BCUT2D eigenvalue weighted by Gasteiger charge is 2.29. The first kappa shape index (κ1) is 10.7. The summed E-state index contributed by atoms with van der Waals surface area (Å²) in [7, 11) is 1.86. The Kier molecular flexibility index (Phi) is 3.25. The summed E-state index contributed by atoms with van der Waals surface area (Å²) in [4.78, 5) is 6.75. The second kappa shape index (κ2) is 4.84. The van der Waals surface area contributed by atoms with Crippen LogP contribution in [-0.4, -0.2) is 24.6 Å². The van der Waals surface area contributed by atoms with E-state index in [9.17, 15) is 0 Å². The van der Waals surface area contributed by atoms with E-state index in [0.717, 1.165) is 18.2 Å². The lowest BCUT2D eigenvalue weighted by Crippen LogP contribution is -2.27. The van der Waals surface area contributed by atoms with Crippen molar-refractivity contribution in [2.24, 2.45) is 0 Å². The van der Waals surface area contributed by atoms with E-state index in [4.69, 9.17) is 5.26 Å². The van der Waals surface area contributed by atoms with Crippen LogP contribution in [0.3, 0.4) is 0 Å². The number of anilines is 2. The van der Waals surface area contributed by atoms with Gasteiger partial charge in [0.2, 0.25) is 0 Å². The van der Waals surface area contributed by atoms with Crippen molar-refractivity contribution < 1.29 is 0 Å². The molecule has 0 aliphatic heterocycles. The number of nitriles is 1. The molecule has 0 amide bonds. The molecule has 2 rings (SSSR count). The largest absolute Gasteiger partial charge is 0.373 e. The zero-order valence-electron chi connectivity index (χ0n) is 9.48. The second-order valence-corrected chi connectivity index (χ2v) is 3.96. The zero-order chi connectivity index (χ0) is 11.4. The number of nitrogens with one attached hydrogen (secondary N) is 1. The van der Waals surface area contributed by atoms with Crippen molar-refractivity contribution in [3.05, 3.63) is 18.2 Å². The second-order valence-electron chi connectivity index (χ2n) is 3.96. The van der Waals surface area contributed by atoms with Gasteiger partial charge in [-0.1, -0.05) is 6.07 Å². The average molecular weight is 216 g/mol. The van der Waals surface area contributed by atoms with Crippen molar-refractivity contribution in [3.8, 4) is 6.07 Å². The smallest absolute Gasteiger partial charge is 0.131 e. The van der Waals surface area contributed by atoms with Crippen molar-refractivity contribution in [2.75, 3.05) is 23.8 Å². The summed E-state index contributed by atoms with van der Waals surface area (Å²) in [5.41, 5.74) is 0. The third-order valence-electron chi connectivity index (χ3n) is 2.74. The SMILES string of the molecule is CNc1cccc(N(CCC#N)C2CC2)n1. The van der Waals surface area contributed by atoms with Crippen LogP contribution in [0.2, 0.25) is 0 Å². The third-order valence-corrected chi connectivity index (χ3v) is 2.74. The van der Waals surface area contributed by atoms with Crippen molar-refractivity contribution in [3.63, 3.8) is 0 Å². The number of pyridine rings is 1. The van der Waals surface area contributed by atoms with Gasteiger partial charge in [-0.15, -0.1) is 0 Å². The first-order valence-corrected chi connectivity index (χ1v) is 5.63. The van der Waals surface area contributed by atoms with Crippen LogP contribution >= 0.6 is 0 Å². The van der Waals surface area contributed by atoms with E-state index in [0.29, 0.717) is 12.5 Å². The maximum Gasteiger partial charge on any atom is 0.131 e. The number of aromatic nitrogens is 1. The summed E-state index contributed by atoms with van der Waals surface area (Å²) in [6, 6.07) is 8.73. The molecule has 1 aliphatic carbocycles. The summed E-state index contributed by atoms with van der Waals surface area (Å²) in [5, 5.41) is 11.7. The topological polar surface area (TPSA) is 52.0 Å². The molecule has 16 heavy (non-hydrogen) atoms. The molecule has 4 nitrogen and oxygen atoms in total. The highest BCUT2D eigenvalue weighted by atomic mass is 15.2. The van der Waals surface area contributed by atoms with Crippen LogP contribution < -0.4 is 10.2 Å². The molecule has 0 spiro atoms. The van der Waals surface area contributed by atoms with Gasteiger partial charge in [-0.25, -0.2) is 4.98 Å². The number of hydrogen-bond acceptors (Lipinski definition) is 4. The molecule has 1 aromatic rings. The van der Waals surface area contributed by atoms with E-state index in [1.165, 1.54) is 12.8 Å². The predicted molar refractivity (Wildman–Crippen MR) is 64.4 cm³/mol. The lowest BCUT2D eigenvalue weighted by molar-refractivity contribution is 0.779. The Morgan fingerprint density at radius 1 is 1.56 bits per heavy atom. The van der Waals surface area contributed by atoms with E-state index < -0.39 is 0 Å². The maximum atomic E-state index is 8.66. The van der Waals surface area contributed by atoms with Crippen LogP contribution in [0.15, 0.2) is 18.2 Å². The molecule has 1 heterocycles. The average Bonchev–Trinajstić information content (AvgIpc) is 3.14. The first-order valence-electron chi connectivity index (χ1n) is 5.63. The Hall–Kier alpha value is -1.76. The molecule has 0 unspecified atom stereocenters. The first-order chi connectivity index (χ1) is 7.85. The van der Waals surface area contributed by atoms with Gasteiger partial charge in [0.15, 0.2) is 0 Å². The van der Waals surface area contributed by atoms with Gasteiger partial charge in [0.1, 0.15) is 11.6 Å². The minimum absolute atomic E-state index is 0.558. The van der Waals surface area contributed by atoms with Crippen LogP contribution in [0.4, 0.5) is 11.6 Å². The van der Waals surface area contributed by atoms with E-state index in [1.54, 1.807) is 0 Å². The monoisotopic (exact) mass is 216 g/mol. The summed E-state index contributed by atoms with van der Waals surface area (Å²) in [6.45, 7) is 0.779. The Bertz CT molecular complexity index is 392. The molecule has 84 valence electrons. The molecule has 0 saturated heterocycles. The minimum Gasteiger partial charge on any atom is -0.373 e. The van der Waals surface area contributed by atoms with Gasteiger partial charge < -0.3 is 10.2 Å². The molecule has 0 radical (unpaired) electrons. The van der Waals surface area contributed by atoms with Crippen molar-refractivity contribution in [1.29, 1.82) is 5.26 Å². The Morgan fingerprint density at radius 3 is 3.00 bits per heavy atom. The Balaban J connectivity index is 2.14. The number of hydrogen-bond donors (Lipinski definition) is 1. The quantitative estimate of drug-likeness (QED) is 0.818. The van der Waals surface area contributed by atoms with E-state index in [2.05, 4.69) is 21.3 Å². The van der Waals surface area contributed by atoms with Crippen LogP contribution in [-0.2, 0) is 0 Å². The van der Waals surface area contributed by atoms with Gasteiger partial charge in [0, 0.05) is 19.6 Å². The molecule has 1 aliphatic rings. The fourth-order valence-corrected chi connectivity index (χ4v) is 1.76. The Morgan fingerprint density at radius 2 is 2.38 bits per heavy atom. The van der Waals surface area contributed by atoms with Crippen LogP contribution in [0, 0.1) is 11.3 Å². The van der Waals surface area contributed by atoms with Crippen molar-refractivity contribution >= 4 is 11.6 Å². The van der Waals surface area contributed by atoms with Crippen LogP contribution in [0.5, 0.6) is 0 Å². The predicted octanol–water partition coefficient (Wildman–Crippen LogP) is 2.01. The molecule has 0 aromatic carbocycles. The summed E-state index contributed by atoms with van der Waals surface area (Å²) >= 11 is 0. The highest BCUT2D eigenvalue weighted by Crippen LogP contribution is 2.31. The summed E-state index contributed by atoms with van der Waals surface area (Å²) in [5.74, 6) is 1.85. The molecule has 0 bridgehead atoms. The zero-order valence-corrected chi connectivity index (χ0v) is 9.48. The molecule has 1 saturated carbocycles. The Labute approximate surface area is 95.9 Å². The highest BCUT2D eigenvalue weighted by molar-refractivity contribution is 5.48. The van der Waals surface area contributed by atoms with E-state index in [-0.39, 0.29) is 0 Å². The fraction of sp³-hybridized carbons (Fsp3) is 0.500. The number of rotatable bonds is 5. The van der Waals surface area contributed by atoms with E-state index >= 15 is 0 Å². The fourth-order valence-electron chi connectivity index (χ4n) is 1.76. The molecular formula is C12H16N4. The van der Waals surface area contributed by atoms with Crippen LogP contribution in [0.1, 0.15) is 19.3 Å². The molecule has 1 N–H and O–H groups in total. The van der Waals surface area contributed by atoms with Gasteiger partial charge in [-0.3, -0.25) is 0 Å². The summed E-state index contributed by atoms with van der Waals surface area (Å²) < 4.78 is 0. The maximum absolute atomic E-state index is 8.66. The minimum atomic E-state index is 0.558. The lowest BCUT2D eigenvalue weighted by Gasteiger charge is -2.22. The summed E-state index contributed by atoms with van der Waals surface area (Å²) in [6.07, 6.45) is 3.00. The van der Waals surface area contributed by atoms with Crippen LogP contribution in [0.25, 0.3) is 0 Å². The van der Waals surface area contributed by atoms with Gasteiger partial charge in [-0.05, 0) is 25.0 Å². The van der Waals surface area contributed by atoms with Crippen molar-refractivity contribution in [2.45, 2.75) is 25.3 Å². The third kappa shape index (κ3) is 2.43. The normalized spacial score (nSPS) is 14.2. The molecule has 4 heteroatoms. The van der Waals surface area contributed by atoms with Gasteiger partial charge >= 0.3 is 0 Å².